The van der Waals surface area contributed by atoms with Gasteiger partial charge in [-0.2, -0.15) is 5.48 Å². The lowest BCUT2D eigenvalue weighted by Gasteiger charge is -2.22. The van der Waals surface area contributed by atoms with Crippen LogP contribution >= 0.6 is 0 Å². The lowest BCUT2D eigenvalue weighted by Crippen LogP contribution is -2.27. The molecule has 1 N–H and O–H groups in total. The fraction of sp³-hybridized carbons (Fsp3) is 0.438. The van der Waals surface area contributed by atoms with Crippen molar-refractivity contribution in [2.75, 3.05) is 0 Å². The number of rotatable bonds is 4. The number of nitrogens with one attached hydrogen (secondary N) is 1. The van der Waals surface area contributed by atoms with E-state index in [9.17, 15) is 4.79 Å². The summed E-state index contributed by atoms with van der Waals surface area (Å²) in [7, 11) is 0. The van der Waals surface area contributed by atoms with Crippen LogP contribution in [0.15, 0.2) is 36.7 Å². The van der Waals surface area contributed by atoms with Crippen molar-refractivity contribution in [3.63, 3.8) is 0 Å². The summed E-state index contributed by atoms with van der Waals surface area (Å²) in [4.78, 5) is 16.5. The van der Waals surface area contributed by atoms with Crippen LogP contribution in [0.5, 0.6) is 0 Å². The SMILES string of the molecule is C=C(NOC(=O)c1ccc(C)cc1)OC(C)(C)C.CC. The molecular weight excluding hydrogens is 254 g/mol. The molecule has 0 spiro atoms. The van der Waals surface area contributed by atoms with Crippen molar-refractivity contribution in [3.05, 3.63) is 47.9 Å². The Kier molecular flexibility index (Phi) is 7.44. The summed E-state index contributed by atoms with van der Waals surface area (Å²) in [5.41, 5.74) is 3.55. The van der Waals surface area contributed by atoms with E-state index in [1.807, 2.05) is 53.7 Å². The fourth-order valence-electron chi connectivity index (χ4n) is 1.24. The smallest absolute Gasteiger partial charge is 0.362 e. The zero-order valence-corrected chi connectivity index (χ0v) is 13.2. The third-order valence-corrected chi connectivity index (χ3v) is 1.97. The Bertz CT molecular complexity index is 430. The Morgan fingerprint density at radius 2 is 1.65 bits per heavy atom. The van der Waals surface area contributed by atoms with Gasteiger partial charge in [0.15, 0.2) is 0 Å². The molecule has 0 bridgehead atoms. The van der Waals surface area contributed by atoms with Crippen molar-refractivity contribution in [3.8, 4) is 0 Å². The fourth-order valence-corrected chi connectivity index (χ4v) is 1.24. The van der Waals surface area contributed by atoms with Crippen LogP contribution in [0.1, 0.15) is 50.5 Å². The average molecular weight is 279 g/mol. The molecule has 112 valence electrons. The zero-order chi connectivity index (χ0) is 15.8. The lowest BCUT2D eigenvalue weighted by atomic mass is 10.2. The van der Waals surface area contributed by atoms with Gasteiger partial charge in [0.2, 0.25) is 5.88 Å². The minimum absolute atomic E-state index is 0.197. The van der Waals surface area contributed by atoms with Gasteiger partial charge < -0.3 is 9.57 Å². The van der Waals surface area contributed by atoms with Crippen LogP contribution in [0.4, 0.5) is 0 Å². The average Bonchev–Trinajstić information content (AvgIpc) is 2.37. The summed E-state index contributed by atoms with van der Waals surface area (Å²) < 4.78 is 5.36. The number of ether oxygens (including phenoxy) is 1. The molecule has 0 saturated heterocycles. The lowest BCUT2D eigenvalue weighted by molar-refractivity contribution is -0.0187. The van der Waals surface area contributed by atoms with Crippen molar-refractivity contribution in [2.24, 2.45) is 0 Å². The van der Waals surface area contributed by atoms with Crippen LogP contribution in [0.25, 0.3) is 0 Å². The Morgan fingerprint density at radius 1 is 1.15 bits per heavy atom. The third-order valence-electron chi connectivity index (χ3n) is 1.97. The van der Waals surface area contributed by atoms with Gasteiger partial charge in [-0.05, 0) is 46.4 Å². The van der Waals surface area contributed by atoms with E-state index in [2.05, 4.69) is 12.1 Å². The van der Waals surface area contributed by atoms with Gasteiger partial charge in [-0.3, -0.25) is 0 Å². The molecule has 1 aromatic rings. The van der Waals surface area contributed by atoms with Gasteiger partial charge in [0.25, 0.3) is 0 Å². The standard InChI is InChI=1S/C14H19NO3.C2H6/c1-10-6-8-12(9-7-10)13(16)18-15-11(2)17-14(3,4)5;1-2/h6-9,15H,2H2,1,3-5H3;1-2H3. The number of hydrogen-bond acceptors (Lipinski definition) is 4. The second-order valence-electron chi connectivity index (χ2n) is 5.00. The van der Waals surface area contributed by atoms with Crippen LogP contribution in [0.2, 0.25) is 0 Å². The van der Waals surface area contributed by atoms with Crippen molar-refractivity contribution in [1.29, 1.82) is 0 Å². The molecule has 0 aliphatic heterocycles. The van der Waals surface area contributed by atoms with E-state index < -0.39 is 5.97 Å². The van der Waals surface area contributed by atoms with E-state index in [1.165, 1.54) is 0 Å². The topological polar surface area (TPSA) is 47.6 Å². The summed E-state index contributed by atoms with van der Waals surface area (Å²) in [5, 5.41) is 0. The van der Waals surface area contributed by atoms with Crippen molar-refractivity contribution in [1.82, 2.24) is 5.48 Å². The van der Waals surface area contributed by atoms with E-state index in [4.69, 9.17) is 9.57 Å². The number of carbonyl (C=O) groups excluding carboxylic acids is 1. The highest BCUT2D eigenvalue weighted by Crippen LogP contribution is 2.10. The molecule has 0 radical (unpaired) electrons. The van der Waals surface area contributed by atoms with Gasteiger partial charge in [-0.15, -0.1) is 0 Å². The van der Waals surface area contributed by atoms with Crippen LogP contribution in [-0.2, 0) is 9.57 Å². The molecule has 20 heavy (non-hydrogen) atoms. The van der Waals surface area contributed by atoms with Crippen molar-refractivity contribution in [2.45, 2.75) is 47.1 Å². The maximum absolute atomic E-state index is 11.6. The van der Waals surface area contributed by atoms with Gasteiger partial charge in [0, 0.05) is 0 Å². The first-order valence-electron chi connectivity index (χ1n) is 6.70. The first kappa shape index (κ1) is 18.0. The zero-order valence-electron chi connectivity index (χ0n) is 13.2. The van der Waals surface area contributed by atoms with Gasteiger partial charge >= 0.3 is 5.97 Å². The minimum atomic E-state index is -0.478. The highest BCUT2D eigenvalue weighted by molar-refractivity contribution is 5.89. The number of carbonyl (C=O) groups is 1. The second kappa shape index (κ2) is 8.25. The van der Waals surface area contributed by atoms with E-state index in [0.29, 0.717) is 5.56 Å². The number of aryl methyl sites for hydroxylation is 1. The summed E-state index contributed by atoms with van der Waals surface area (Å²) >= 11 is 0. The highest BCUT2D eigenvalue weighted by Gasteiger charge is 2.14. The summed E-state index contributed by atoms with van der Waals surface area (Å²) in [5.74, 6) is -0.281. The summed E-state index contributed by atoms with van der Waals surface area (Å²) in [6, 6.07) is 7.09. The van der Waals surface area contributed by atoms with E-state index in [-0.39, 0.29) is 11.5 Å². The molecule has 0 aliphatic rings. The van der Waals surface area contributed by atoms with E-state index in [1.54, 1.807) is 12.1 Å². The summed E-state index contributed by atoms with van der Waals surface area (Å²) in [6.45, 7) is 15.2. The largest absolute Gasteiger partial charge is 0.472 e. The Morgan fingerprint density at radius 3 is 2.10 bits per heavy atom. The first-order chi connectivity index (χ1) is 9.28. The maximum atomic E-state index is 11.6. The summed E-state index contributed by atoms with van der Waals surface area (Å²) in [6.07, 6.45) is 0. The van der Waals surface area contributed by atoms with E-state index >= 15 is 0 Å². The molecule has 0 amide bonds. The number of hydrogen-bond donors (Lipinski definition) is 1. The van der Waals surface area contributed by atoms with Gasteiger partial charge in [0.1, 0.15) is 5.60 Å². The predicted molar refractivity (Wildman–Crippen MR) is 81.1 cm³/mol. The predicted octanol–water partition coefficient (Wildman–Crippen LogP) is 3.97. The van der Waals surface area contributed by atoms with Crippen LogP contribution in [0.3, 0.4) is 0 Å². The molecule has 0 saturated carbocycles. The molecule has 0 unspecified atom stereocenters. The second-order valence-corrected chi connectivity index (χ2v) is 5.00. The molecule has 0 atom stereocenters. The van der Waals surface area contributed by atoms with Gasteiger partial charge in [-0.1, -0.05) is 31.5 Å². The molecule has 0 aliphatic carbocycles. The molecule has 1 rings (SSSR count). The highest BCUT2D eigenvalue weighted by atomic mass is 16.7. The third kappa shape index (κ3) is 7.46. The normalized spacial score (nSPS) is 9.90. The number of benzene rings is 1. The molecule has 0 heterocycles. The maximum Gasteiger partial charge on any atom is 0.362 e. The van der Waals surface area contributed by atoms with Gasteiger partial charge in [-0.25, -0.2) is 4.79 Å². The minimum Gasteiger partial charge on any atom is -0.472 e. The monoisotopic (exact) mass is 279 g/mol. The Labute approximate surface area is 121 Å². The quantitative estimate of drug-likeness (QED) is 0.669. The van der Waals surface area contributed by atoms with Crippen LogP contribution < -0.4 is 5.48 Å². The van der Waals surface area contributed by atoms with Crippen molar-refractivity contribution < 1.29 is 14.4 Å². The molecule has 4 heteroatoms. The molecule has 0 fully saturated rings. The Balaban J connectivity index is 0.00000172. The first-order valence-corrected chi connectivity index (χ1v) is 6.70. The van der Waals surface area contributed by atoms with Crippen LogP contribution in [-0.4, -0.2) is 11.6 Å². The molecule has 4 nitrogen and oxygen atoms in total. The molecule has 1 aromatic carbocycles. The van der Waals surface area contributed by atoms with Gasteiger partial charge in [0.05, 0.1) is 5.56 Å². The van der Waals surface area contributed by atoms with Crippen molar-refractivity contribution >= 4 is 5.97 Å². The Hall–Kier alpha value is -1.97. The molecular formula is C16H25NO3. The molecule has 0 aromatic heterocycles. The number of hydroxylamine groups is 1. The van der Waals surface area contributed by atoms with Crippen LogP contribution in [0, 0.1) is 6.92 Å². The van der Waals surface area contributed by atoms with E-state index in [0.717, 1.165) is 5.56 Å².